The Morgan fingerprint density at radius 1 is 1.18 bits per heavy atom. The zero-order chi connectivity index (χ0) is 24.5. The zero-order valence-corrected chi connectivity index (χ0v) is 18.8. The topological polar surface area (TPSA) is 62.7 Å². The van der Waals surface area contributed by atoms with Crippen LogP contribution in [-0.4, -0.2) is 22.1 Å². The second kappa shape index (κ2) is 9.38. The van der Waals surface area contributed by atoms with Crippen LogP contribution in [0.2, 0.25) is 5.02 Å². The average molecular weight is 489 g/mol. The van der Waals surface area contributed by atoms with E-state index < -0.39 is 17.7 Å². The maximum absolute atomic E-state index is 13.6. The number of anilines is 1. The molecule has 0 spiro atoms. The molecule has 1 aliphatic rings. The van der Waals surface area contributed by atoms with E-state index in [4.69, 9.17) is 16.3 Å². The first-order valence-electron chi connectivity index (χ1n) is 10.4. The highest BCUT2D eigenvalue weighted by molar-refractivity contribution is 6.31. The first kappa shape index (κ1) is 23.6. The lowest BCUT2D eigenvalue weighted by Crippen LogP contribution is -2.28. The van der Waals surface area contributed by atoms with Gasteiger partial charge >= 0.3 is 12.1 Å². The Morgan fingerprint density at radius 3 is 2.65 bits per heavy atom. The van der Waals surface area contributed by atoms with E-state index >= 15 is 0 Å². The third-order valence-electron chi connectivity index (χ3n) is 5.48. The molecule has 1 atom stereocenters. The Labute approximate surface area is 199 Å². The molecule has 0 aliphatic carbocycles. The predicted octanol–water partition coefficient (Wildman–Crippen LogP) is 6.67. The number of ether oxygens (including phenoxy) is 1. The van der Waals surface area contributed by atoms with Gasteiger partial charge < -0.3 is 14.7 Å². The minimum Gasteiger partial charge on any atom is -0.488 e. The fourth-order valence-electron chi connectivity index (χ4n) is 3.79. The summed E-state index contributed by atoms with van der Waals surface area (Å²) in [4.78, 5) is 17.3. The molecule has 34 heavy (non-hydrogen) atoms. The van der Waals surface area contributed by atoms with Crippen LogP contribution in [0.3, 0.4) is 0 Å². The SMILES string of the molecule is CC1CC=C(c2cc(C(F)(F)F)ccc2OCc2ccccc2Cl)N1c1cccc(C(=O)O)n1. The number of carbonyl (C=O) groups is 1. The number of hydrogen-bond acceptors (Lipinski definition) is 4. The van der Waals surface area contributed by atoms with Gasteiger partial charge in [0.2, 0.25) is 0 Å². The van der Waals surface area contributed by atoms with Crippen LogP contribution in [0.1, 0.15) is 40.5 Å². The van der Waals surface area contributed by atoms with Crippen molar-refractivity contribution >= 4 is 29.1 Å². The summed E-state index contributed by atoms with van der Waals surface area (Å²) in [6, 6.07) is 14.7. The lowest BCUT2D eigenvalue weighted by molar-refractivity contribution is -0.137. The van der Waals surface area contributed by atoms with Crippen LogP contribution in [0.15, 0.2) is 66.7 Å². The standard InChI is InChI=1S/C25H20ClF3N2O3/c1-15-9-11-21(31(15)23-8-4-7-20(30-23)24(32)33)18-13-17(25(27,28)29)10-12-22(18)34-14-16-5-2-3-6-19(16)26/h2-8,10-13,15H,9,14H2,1H3,(H,32,33). The Bertz CT molecular complexity index is 1260. The highest BCUT2D eigenvalue weighted by Gasteiger charge is 2.34. The van der Waals surface area contributed by atoms with E-state index in [1.54, 1.807) is 47.4 Å². The van der Waals surface area contributed by atoms with Crippen molar-refractivity contribution in [3.8, 4) is 5.75 Å². The number of hydrogen-bond donors (Lipinski definition) is 1. The number of benzene rings is 2. The zero-order valence-electron chi connectivity index (χ0n) is 18.0. The van der Waals surface area contributed by atoms with Crippen molar-refractivity contribution < 1.29 is 27.8 Å². The number of halogens is 4. The largest absolute Gasteiger partial charge is 0.488 e. The monoisotopic (exact) mass is 488 g/mol. The number of carboxylic acid groups (broad SMARTS) is 1. The second-order valence-electron chi connectivity index (χ2n) is 7.82. The summed E-state index contributed by atoms with van der Waals surface area (Å²) in [5, 5.41) is 9.81. The van der Waals surface area contributed by atoms with Crippen LogP contribution in [0.25, 0.3) is 5.70 Å². The molecule has 0 fully saturated rings. The van der Waals surface area contributed by atoms with Crippen molar-refractivity contribution in [3.05, 3.63) is 94.1 Å². The second-order valence-corrected chi connectivity index (χ2v) is 8.23. The van der Waals surface area contributed by atoms with Gasteiger partial charge in [-0.15, -0.1) is 0 Å². The fourth-order valence-corrected chi connectivity index (χ4v) is 3.98. The van der Waals surface area contributed by atoms with Crippen molar-refractivity contribution in [1.29, 1.82) is 0 Å². The van der Waals surface area contributed by atoms with Gasteiger partial charge in [0.25, 0.3) is 0 Å². The summed E-state index contributed by atoms with van der Waals surface area (Å²) < 4.78 is 46.6. The van der Waals surface area contributed by atoms with E-state index in [0.717, 1.165) is 12.1 Å². The maximum Gasteiger partial charge on any atom is 0.416 e. The number of nitrogens with zero attached hydrogens (tertiary/aromatic N) is 2. The third kappa shape index (κ3) is 4.87. The summed E-state index contributed by atoms with van der Waals surface area (Å²) >= 11 is 6.20. The van der Waals surface area contributed by atoms with Gasteiger partial charge in [0, 0.05) is 27.9 Å². The van der Waals surface area contributed by atoms with Gasteiger partial charge in [-0.2, -0.15) is 13.2 Å². The van der Waals surface area contributed by atoms with Gasteiger partial charge in [-0.1, -0.05) is 41.9 Å². The Morgan fingerprint density at radius 2 is 1.94 bits per heavy atom. The van der Waals surface area contributed by atoms with Crippen molar-refractivity contribution in [2.45, 2.75) is 32.2 Å². The molecule has 1 unspecified atom stereocenters. The molecule has 0 saturated carbocycles. The van der Waals surface area contributed by atoms with E-state index in [0.29, 0.717) is 28.5 Å². The molecule has 1 aromatic heterocycles. The third-order valence-corrected chi connectivity index (χ3v) is 5.85. The minimum atomic E-state index is -4.55. The van der Waals surface area contributed by atoms with Crippen molar-refractivity contribution in [1.82, 2.24) is 4.98 Å². The van der Waals surface area contributed by atoms with Crippen LogP contribution >= 0.6 is 11.6 Å². The number of carboxylic acids is 1. The fraction of sp³-hybridized carbons (Fsp3) is 0.200. The predicted molar refractivity (Wildman–Crippen MR) is 123 cm³/mol. The lowest BCUT2D eigenvalue weighted by Gasteiger charge is -2.28. The molecule has 0 saturated heterocycles. The number of aromatic carboxylic acids is 1. The van der Waals surface area contributed by atoms with Crippen molar-refractivity contribution in [2.24, 2.45) is 0 Å². The Hall–Kier alpha value is -3.52. The molecule has 0 amide bonds. The van der Waals surface area contributed by atoms with E-state index in [1.807, 2.05) is 6.92 Å². The summed E-state index contributed by atoms with van der Waals surface area (Å²) in [6.45, 7) is 1.95. The maximum atomic E-state index is 13.6. The number of rotatable bonds is 6. The molecular weight excluding hydrogens is 469 g/mol. The molecule has 0 radical (unpaired) electrons. The molecule has 3 aromatic rings. The molecule has 9 heteroatoms. The Balaban J connectivity index is 1.76. The lowest BCUT2D eigenvalue weighted by atomic mass is 10.1. The molecule has 176 valence electrons. The van der Waals surface area contributed by atoms with Gasteiger partial charge in [-0.05, 0) is 49.7 Å². The van der Waals surface area contributed by atoms with E-state index in [2.05, 4.69) is 4.98 Å². The van der Waals surface area contributed by atoms with E-state index in [9.17, 15) is 23.1 Å². The van der Waals surface area contributed by atoms with Crippen LogP contribution in [-0.2, 0) is 12.8 Å². The Kier molecular flexibility index (Phi) is 6.52. The molecule has 5 nitrogen and oxygen atoms in total. The van der Waals surface area contributed by atoms with Gasteiger partial charge in [0.05, 0.1) is 5.56 Å². The summed E-state index contributed by atoms with van der Waals surface area (Å²) in [5.41, 5.74) is 0.406. The smallest absolute Gasteiger partial charge is 0.416 e. The van der Waals surface area contributed by atoms with Crippen molar-refractivity contribution in [2.75, 3.05) is 4.90 Å². The first-order valence-corrected chi connectivity index (χ1v) is 10.8. The molecule has 2 aromatic carbocycles. The van der Waals surface area contributed by atoms with Gasteiger partial charge in [0.15, 0.2) is 5.69 Å². The van der Waals surface area contributed by atoms with Crippen LogP contribution in [0.4, 0.5) is 19.0 Å². The van der Waals surface area contributed by atoms with E-state index in [1.165, 1.54) is 12.1 Å². The van der Waals surface area contributed by atoms with Crippen LogP contribution in [0.5, 0.6) is 5.75 Å². The van der Waals surface area contributed by atoms with E-state index in [-0.39, 0.29) is 29.7 Å². The summed E-state index contributed by atoms with van der Waals surface area (Å²) in [6.07, 6.45) is -2.21. The van der Waals surface area contributed by atoms with Gasteiger partial charge in [-0.3, -0.25) is 0 Å². The van der Waals surface area contributed by atoms with Crippen LogP contribution < -0.4 is 9.64 Å². The molecule has 0 bridgehead atoms. The molecule has 2 heterocycles. The molecule has 1 N–H and O–H groups in total. The summed E-state index contributed by atoms with van der Waals surface area (Å²) in [7, 11) is 0. The molecule has 1 aliphatic heterocycles. The highest BCUT2D eigenvalue weighted by atomic mass is 35.5. The normalized spacial score (nSPS) is 15.9. The number of alkyl halides is 3. The first-order chi connectivity index (χ1) is 16.1. The van der Waals surface area contributed by atoms with Crippen molar-refractivity contribution in [3.63, 3.8) is 0 Å². The highest BCUT2D eigenvalue weighted by Crippen LogP contribution is 2.41. The van der Waals surface area contributed by atoms with Crippen LogP contribution in [0, 0.1) is 0 Å². The number of aromatic nitrogens is 1. The summed E-state index contributed by atoms with van der Waals surface area (Å²) in [5.74, 6) is -0.625. The quantitative estimate of drug-likeness (QED) is 0.420. The number of pyridine rings is 1. The van der Waals surface area contributed by atoms with Gasteiger partial charge in [0.1, 0.15) is 18.2 Å². The average Bonchev–Trinajstić information content (AvgIpc) is 3.19. The molecule has 4 rings (SSSR count). The minimum absolute atomic E-state index is 0.0631. The van der Waals surface area contributed by atoms with Gasteiger partial charge in [-0.25, -0.2) is 9.78 Å². The molecular formula is C25H20ClF3N2O3.